The predicted molar refractivity (Wildman–Crippen MR) is 99.9 cm³/mol. The Morgan fingerprint density at radius 3 is 2.42 bits per heavy atom. The Labute approximate surface area is 159 Å². The van der Waals surface area contributed by atoms with Gasteiger partial charge in [0.05, 0.1) is 17.7 Å². The monoisotopic (exact) mass is 389 g/mol. The number of rotatable bonds is 4. The summed E-state index contributed by atoms with van der Waals surface area (Å²) in [5.41, 5.74) is 1.50. The van der Waals surface area contributed by atoms with Crippen LogP contribution < -0.4 is 5.32 Å². The number of benzene rings is 2. The fourth-order valence-corrected chi connectivity index (χ4v) is 2.67. The van der Waals surface area contributed by atoms with E-state index in [1.54, 1.807) is 54.6 Å². The number of carbonyl (C=O) groups excluding carboxylic acids is 2. The standard InChI is InChI=1S/C19H13Cl2NO4/c1-25-19(24)11-2-5-13(6-3-11)22-18(23)17-9-8-16(26-17)14-10-12(20)4-7-15(14)21/h2-10H,1H3,(H,22,23). The van der Waals surface area contributed by atoms with Gasteiger partial charge in [0, 0.05) is 16.3 Å². The van der Waals surface area contributed by atoms with Crippen LogP contribution >= 0.6 is 23.2 Å². The second-order valence-corrected chi connectivity index (χ2v) is 6.15. The maximum absolute atomic E-state index is 12.3. The van der Waals surface area contributed by atoms with Crippen LogP contribution in [0.25, 0.3) is 11.3 Å². The van der Waals surface area contributed by atoms with Crippen molar-refractivity contribution in [3.05, 3.63) is 76.0 Å². The minimum absolute atomic E-state index is 0.119. The molecule has 1 heterocycles. The van der Waals surface area contributed by atoms with Crippen molar-refractivity contribution in [3.8, 4) is 11.3 Å². The quantitative estimate of drug-likeness (QED) is 0.615. The molecule has 0 aliphatic carbocycles. The van der Waals surface area contributed by atoms with E-state index in [2.05, 4.69) is 10.1 Å². The van der Waals surface area contributed by atoms with Crippen molar-refractivity contribution in [3.63, 3.8) is 0 Å². The average molecular weight is 390 g/mol. The van der Waals surface area contributed by atoms with Gasteiger partial charge in [-0.3, -0.25) is 4.79 Å². The molecule has 0 aliphatic rings. The molecule has 0 saturated heterocycles. The van der Waals surface area contributed by atoms with Crippen LogP contribution in [0.2, 0.25) is 10.0 Å². The van der Waals surface area contributed by atoms with Gasteiger partial charge in [-0.05, 0) is 54.6 Å². The highest BCUT2D eigenvalue weighted by Crippen LogP contribution is 2.32. The van der Waals surface area contributed by atoms with Gasteiger partial charge in [0.15, 0.2) is 5.76 Å². The summed E-state index contributed by atoms with van der Waals surface area (Å²) in [4.78, 5) is 23.7. The average Bonchev–Trinajstić information content (AvgIpc) is 3.14. The number of hydrogen-bond donors (Lipinski definition) is 1. The van der Waals surface area contributed by atoms with Crippen molar-refractivity contribution < 1.29 is 18.7 Å². The number of amides is 1. The number of anilines is 1. The van der Waals surface area contributed by atoms with Gasteiger partial charge in [-0.15, -0.1) is 0 Å². The molecule has 3 aromatic rings. The number of methoxy groups -OCH3 is 1. The molecule has 7 heteroatoms. The van der Waals surface area contributed by atoms with E-state index >= 15 is 0 Å². The van der Waals surface area contributed by atoms with Crippen molar-refractivity contribution in [1.82, 2.24) is 0 Å². The topological polar surface area (TPSA) is 68.5 Å². The van der Waals surface area contributed by atoms with E-state index in [4.69, 9.17) is 27.6 Å². The first-order valence-corrected chi connectivity index (χ1v) is 8.28. The number of hydrogen-bond acceptors (Lipinski definition) is 4. The van der Waals surface area contributed by atoms with Crippen LogP contribution in [0.5, 0.6) is 0 Å². The van der Waals surface area contributed by atoms with E-state index in [-0.39, 0.29) is 5.76 Å². The molecular weight excluding hydrogens is 377 g/mol. The summed E-state index contributed by atoms with van der Waals surface area (Å²) in [6.45, 7) is 0. The molecule has 0 saturated carbocycles. The van der Waals surface area contributed by atoms with Crippen LogP contribution in [0.4, 0.5) is 5.69 Å². The van der Waals surface area contributed by atoms with E-state index in [9.17, 15) is 9.59 Å². The zero-order chi connectivity index (χ0) is 18.7. The van der Waals surface area contributed by atoms with Crippen LogP contribution in [0, 0.1) is 0 Å². The Bertz CT molecular complexity index is 964. The number of halogens is 2. The van der Waals surface area contributed by atoms with E-state index in [0.29, 0.717) is 32.6 Å². The fraction of sp³-hybridized carbons (Fsp3) is 0.0526. The Morgan fingerprint density at radius 1 is 1.00 bits per heavy atom. The van der Waals surface area contributed by atoms with E-state index in [1.807, 2.05) is 0 Å². The van der Waals surface area contributed by atoms with Gasteiger partial charge in [-0.25, -0.2) is 4.79 Å². The SMILES string of the molecule is COC(=O)c1ccc(NC(=O)c2ccc(-c3cc(Cl)ccc3Cl)o2)cc1. The number of carbonyl (C=O) groups is 2. The van der Waals surface area contributed by atoms with Crippen LogP contribution in [-0.4, -0.2) is 19.0 Å². The van der Waals surface area contributed by atoms with Gasteiger partial charge in [-0.2, -0.15) is 0 Å². The molecule has 0 atom stereocenters. The van der Waals surface area contributed by atoms with Gasteiger partial charge in [-0.1, -0.05) is 23.2 Å². The van der Waals surface area contributed by atoms with Crippen molar-refractivity contribution in [2.24, 2.45) is 0 Å². The Morgan fingerprint density at radius 2 is 1.73 bits per heavy atom. The number of nitrogens with one attached hydrogen (secondary N) is 1. The van der Waals surface area contributed by atoms with Crippen LogP contribution in [0.3, 0.4) is 0 Å². The molecule has 0 aliphatic heterocycles. The molecule has 2 aromatic carbocycles. The summed E-state index contributed by atoms with van der Waals surface area (Å²) in [6.07, 6.45) is 0. The third-order valence-electron chi connectivity index (χ3n) is 3.59. The molecular formula is C19H13Cl2NO4. The Kier molecular flexibility index (Phi) is 5.30. The van der Waals surface area contributed by atoms with E-state index in [1.165, 1.54) is 7.11 Å². The highest BCUT2D eigenvalue weighted by Gasteiger charge is 2.15. The lowest BCUT2D eigenvalue weighted by Crippen LogP contribution is -2.11. The molecule has 0 spiro atoms. The van der Waals surface area contributed by atoms with Crippen molar-refractivity contribution in [2.75, 3.05) is 12.4 Å². The largest absolute Gasteiger partial charge is 0.465 e. The molecule has 5 nitrogen and oxygen atoms in total. The molecule has 0 fully saturated rings. The van der Waals surface area contributed by atoms with Gasteiger partial charge < -0.3 is 14.5 Å². The van der Waals surface area contributed by atoms with Gasteiger partial charge in [0.2, 0.25) is 0 Å². The Hall–Kier alpha value is -2.76. The first kappa shape index (κ1) is 18.0. The second-order valence-electron chi connectivity index (χ2n) is 5.31. The molecule has 1 aromatic heterocycles. The minimum atomic E-state index is -0.447. The summed E-state index contributed by atoms with van der Waals surface area (Å²) < 4.78 is 10.2. The highest BCUT2D eigenvalue weighted by molar-refractivity contribution is 6.35. The second kappa shape index (κ2) is 7.64. The lowest BCUT2D eigenvalue weighted by Gasteiger charge is -2.05. The van der Waals surface area contributed by atoms with Gasteiger partial charge >= 0.3 is 5.97 Å². The zero-order valence-corrected chi connectivity index (χ0v) is 15.1. The van der Waals surface area contributed by atoms with E-state index < -0.39 is 11.9 Å². The maximum atomic E-state index is 12.3. The molecule has 3 rings (SSSR count). The first-order chi connectivity index (χ1) is 12.5. The van der Waals surface area contributed by atoms with Crippen molar-refractivity contribution in [1.29, 1.82) is 0 Å². The molecule has 0 unspecified atom stereocenters. The third kappa shape index (κ3) is 3.90. The predicted octanol–water partition coefficient (Wildman–Crippen LogP) is 5.29. The lowest BCUT2D eigenvalue weighted by molar-refractivity contribution is 0.0600. The number of esters is 1. The lowest BCUT2D eigenvalue weighted by atomic mass is 10.2. The summed E-state index contributed by atoms with van der Waals surface area (Å²) in [5.74, 6) is -0.325. The van der Waals surface area contributed by atoms with E-state index in [0.717, 1.165) is 0 Å². The fourth-order valence-electron chi connectivity index (χ4n) is 2.29. The summed E-state index contributed by atoms with van der Waals surface area (Å²) >= 11 is 12.1. The normalized spacial score (nSPS) is 10.4. The number of ether oxygens (including phenoxy) is 1. The smallest absolute Gasteiger partial charge is 0.337 e. The maximum Gasteiger partial charge on any atom is 0.337 e. The first-order valence-electron chi connectivity index (χ1n) is 7.53. The molecule has 26 heavy (non-hydrogen) atoms. The van der Waals surface area contributed by atoms with Gasteiger partial charge in [0.25, 0.3) is 5.91 Å². The van der Waals surface area contributed by atoms with Crippen LogP contribution in [-0.2, 0) is 4.74 Å². The summed E-state index contributed by atoms with van der Waals surface area (Å²) in [7, 11) is 1.30. The summed E-state index contributed by atoms with van der Waals surface area (Å²) in [5, 5.41) is 3.67. The van der Waals surface area contributed by atoms with Crippen LogP contribution in [0.15, 0.2) is 59.0 Å². The van der Waals surface area contributed by atoms with Gasteiger partial charge in [0.1, 0.15) is 5.76 Å². The third-order valence-corrected chi connectivity index (χ3v) is 4.15. The molecule has 1 N–H and O–H groups in total. The van der Waals surface area contributed by atoms with Crippen molar-refractivity contribution in [2.45, 2.75) is 0 Å². The molecule has 1 amide bonds. The van der Waals surface area contributed by atoms with Crippen molar-refractivity contribution >= 4 is 40.8 Å². The Balaban J connectivity index is 1.76. The molecule has 0 bridgehead atoms. The van der Waals surface area contributed by atoms with Crippen LogP contribution in [0.1, 0.15) is 20.9 Å². The highest BCUT2D eigenvalue weighted by atomic mass is 35.5. The summed E-state index contributed by atoms with van der Waals surface area (Å²) in [6, 6.07) is 14.5. The molecule has 132 valence electrons. The number of furan rings is 1. The zero-order valence-electron chi connectivity index (χ0n) is 13.6. The minimum Gasteiger partial charge on any atom is -0.465 e. The molecule has 0 radical (unpaired) electrons.